The molecule has 3 heterocycles. The number of esters is 1. The zero-order valence-electron chi connectivity index (χ0n) is 17.0. The van der Waals surface area contributed by atoms with Gasteiger partial charge in [-0.25, -0.2) is 4.79 Å². The van der Waals surface area contributed by atoms with E-state index in [1.807, 2.05) is 18.2 Å². The lowest BCUT2D eigenvalue weighted by atomic mass is 10.0. The van der Waals surface area contributed by atoms with Crippen LogP contribution in [0.1, 0.15) is 21.6 Å². The number of hydrogen-bond acceptors (Lipinski definition) is 5. The van der Waals surface area contributed by atoms with Crippen LogP contribution in [0.2, 0.25) is 0 Å². The Balaban J connectivity index is 1.40. The summed E-state index contributed by atoms with van der Waals surface area (Å²) >= 11 is 0. The van der Waals surface area contributed by atoms with E-state index in [1.165, 1.54) is 12.0 Å². The Labute approximate surface area is 178 Å². The highest BCUT2D eigenvalue weighted by atomic mass is 16.5. The van der Waals surface area contributed by atoms with E-state index in [0.29, 0.717) is 36.5 Å². The zero-order chi connectivity index (χ0) is 21.5. The molecule has 0 unspecified atom stereocenters. The summed E-state index contributed by atoms with van der Waals surface area (Å²) in [5, 5.41) is 0.906. The van der Waals surface area contributed by atoms with E-state index in [1.54, 1.807) is 29.2 Å². The number of fused-ring (bicyclic) bond motifs is 4. The zero-order valence-corrected chi connectivity index (χ0v) is 17.0. The van der Waals surface area contributed by atoms with Crippen molar-refractivity contribution < 1.29 is 23.9 Å². The van der Waals surface area contributed by atoms with Crippen LogP contribution in [-0.2, 0) is 27.3 Å². The number of ether oxygens (including phenoxy) is 2. The van der Waals surface area contributed by atoms with Crippen LogP contribution in [0.3, 0.4) is 0 Å². The molecule has 0 saturated heterocycles. The highest BCUT2D eigenvalue weighted by molar-refractivity contribution is 6.02. The van der Waals surface area contributed by atoms with E-state index in [2.05, 4.69) is 4.98 Å². The number of amides is 2. The van der Waals surface area contributed by atoms with E-state index < -0.39 is 5.97 Å². The molecule has 1 N–H and O–H groups in total. The van der Waals surface area contributed by atoms with Crippen molar-refractivity contribution >= 4 is 34.4 Å². The fourth-order valence-electron chi connectivity index (χ4n) is 4.23. The van der Waals surface area contributed by atoms with Crippen molar-refractivity contribution in [3.8, 4) is 5.75 Å². The summed E-state index contributed by atoms with van der Waals surface area (Å²) < 4.78 is 10.3. The van der Waals surface area contributed by atoms with E-state index in [0.717, 1.165) is 22.2 Å². The fourth-order valence-corrected chi connectivity index (χ4v) is 4.23. The Morgan fingerprint density at radius 1 is 1.19 bits per heavy atom. The molecule has 0 saturated carbocycles. The number of nitrogens with zero attached hydrogens (tertiary/aromatic N) is 2. The first-order valence-electron chi connectivity index (χ1n) is 10.1. The number of rotatable bonds is 3. The number of carbonyl (C=O) groups is 3. The summed E-state index contributed by atoms with van der Waals surface area (Å²) in [5.74, 6) is -0.165. The molecule has 1 aromatic heterocycles. The maximum absolute atomic E-state index is 13.1. The van der Waals surface area contributed by atoms with Crippen molar-refractivity contribution in [3.63, 3.8) is 0 Å². The maximum atomic E-state index is 13.1. The van der Waals surface area contributed by atoms with Crippen molar-refractivity contribution in [1.82, 2.24) is 9.88 Å². The van der Waals surface area contributed by atoms with Crippen molar-refractivity contribution in [2.24, 2.45) is 0 Å². The van der Waals surface area contributed by atoms with Crippen LogP contribution in [0.25, 0.3) is 10.9 Å². The van der Waals surface area contributed by atoms with Gasteiger partial charge in [-0.15, -0.1) is 0 Å². The minimum Gasteiger partial charge on any atom is -0.482 e. The Morgan fingerprint density at radius 2 is 2.03 bits per heavy atom. The Kier molecular flexibility index (Phi) is 4.62. The lowest BCUT2D eigenvalue weighted by Gasteiger charge is -2.32. The predicted molar refractivity (Wildman–Crippen MR) is 113 cm³/mol. The van der Waals surface area contributed by atoms with Crippen LogP contribution in [0, 0.1) is 0 Å². The molecule has 0 fully saturated rings. The molecule has 0 bridgehead atoms. The SMILES string of the molecule is COC(=O)c1ccc2[nH]c3c(c2c1)CN(C(=O)CN1C(=O)COc2ccccc21)CC3. The van der Waals surface area contributed by atoms with Gasteiger partial charge in [-0.2, -0.15) is 0 Å². The summed E-state index contributed by atoms with van der Waals surface area (Å²) in [6.45, 7) is 0.860. The molecule has 0 spiro atoms. The highest BCUT2D eigenvalue weighted by Crippen LogP contribution is 2.32. The molecule has 2 amide bonds. The van der Waals surface area contributed by atoms with Crippen LogP contribution in [0.15, 0.2) is 42.5 Å². The van der Waals surface area contributed by atoms with Crippen LogP contribution in [0.4, 0.5) is 5.69 Å². The molecule has 0 aliphatic carbocycles. The number of hydrogen-bond donors (Lipinski definition) is 1. The average Bonchev–Trinajstić information content (AvgIpc) is 3.17. The maximum Gasteiger partial charge on any atom is 0.337 e. The lowest BCUT2D eigenvalue weighted by molar-refractivity contribution is -0.132. The van der Waals surface area contributed by atoms with Gasteiger partial charge in [-0.05, 0) is 30.3 Å². The second-order valence-electron chi connectivity index (χ2n) is 7.64. The quantitative estimate of drug-likeness (QED) is 0.658. The molecule has 8 nitrogen and oxygen atoms in total. The Bertz CT molecular complexity index is 1220. The largest absolute Gasteiger partial charge is 0.482 e. The second kappa shape index (κ2) is 7.46. The van der Waals surface area contributed by atoms with Crippen LogP contribution in [0.5, 0.6) is 5.75 Å². The first-order valence-corrected chi connectivity index (χ1v) is 10.1. The molecule has 0 radical (unpaired) electrons. The minimum absolute atomic E-state index is 0.0374. The summed E-state index contributed by atoms with van der Waals surface area (Å²) in [6, 6.07) is 12.6. The molecule has 2 aliphatic heterocycles. The Morgan fingerprint density at radius 3 is 2.87 bits per heavy atom. The molecular weight excluding hydrogens is 398 g/mol. The van der Waals surface area contributed by atoms with Gasteiger partial charge >= 0.3 is 5.97 Å². The summed E-state index contributed by atoms with van der Waals surface area (Å²) in [6.07, 6.45) is 0.678. The third-order valence-corrected chi connectivity index (χ3v) is 5.85. The van der Waals surface area contributed by atoms with Gasteiger partial charge in [0, 0.05) is 41.7 Å². The van der Waals surface area contributed by atoms with Gasteiger partial charge in [0.05, 0.1) is 18.4 Å². The monoisotopic (exact) mass is 419 g/mol. The lowest BCUT2D eigenvalue weighted by Crippen LogP contribution is -2.47. The number of para-hydroxylation sites is 2. The first-order chi connectivity index (χ1) is 15.0. The van der Waals surface area contributed by atoms with Crippen molar-refractivity contribution in [2.45, 2.75) is 13.0 Å². The van der Waals surface area contributed by atoms with Crippen LogP contribution in [-0.4, -0.2) is 54.5 Å². The molecular formula is C23H21N3O5. The van der Waals surface area contributed by atoms with Gasteiger partial charge in [-0.3, -0.25) is 14.5 Å². The van der Waals surface area contributed by atoms with Gasteiger partial charge < -0.3 is 19.4 Å². The number of benzene rings is 2. The third-order valence-electron chi connectivity index (χ3n) is 5.85. The van der Waals surface area contributed by atoms with Gasteiger partial charge in [-0.1, -0.05) is 12.1 Å². The molecule has 3 aromatic rings. The van der Waals surface area contributed by atoms with Crippen LogP contribution < -0.4 is 9.64 Å². The first kappa shape index (κ1) is 19.2. The fraction of sp³-hybridized carbons (Fsp3) is 0.261. The van der Waals surface area contributed by atoms with Gasteiger partial charge in [0.25, 0.3) is 5.91 Å². The standard InChI is InChI=1S/C23H21N3O5/c1-30-23(29)14-6-7-17-15(10-14)16-11-25(9-8-18(16)24-17)21(27)12-26-19-4-2-3-5-20(19)31-13-22(26)28/h2-7,10,24H,8-9,11-13H2,1H3. The number of aromatic nitrogens is 1. The number of carbonyl (C=O) groups excluding carboxylic acids is 3. The van der Waals surface area contributed by atoms with Gasteiger partial charge in [0.15, 0.2) is 6.61 Å². The van der Waals surface area contributed by atoms with Crippen molar-refractivity contribution in [3.05, 3.63) is 59.3 Å². The molecule has 2 aliphatic rings. The van der Waals surface area contributed by atoms with Gasteiger partial charge in [0.2, 0.25) is 5.91 Å². The molecule has 158 valence electrons. The number of nitrogens with one attached hydrogen (secondary N) is 1. The smallest absolute Gasteiger partial charge is 0.337 e. The Hall–Kier alpha value is -3.81. The average molecular weight is 419 g/mol. The highest BCUT2D eigenvalue weighted by Gasteiger charge is 2.30. The number of anilines is 1. The minimum atomic E-state index is -0.398. The third kappa shape index (κ3) is 3.30. The summed E-state index contributed by atoms with van der Waals surface area (Å²) in [4.78, 5) is 44.1. The summed E-state index contributed by atoms with van der Waals surface area (Å²) in [5.41, 5.74) is 4.06. The van der Waals surface area contributed by atoms with E-state index >= 15 is 0 Å². The van der Waals surface area contributed by atoms with E-state index in [9.17, 15) is 14.4 Å². The van der Waals surface area contributed by atoms with E-state index in [-0.39, 0.29) is 25.0 Å². The number of aromatic amines is 1. The predicted octanol–water partition coefficient (Wildman–Crippen LogP) is 2.26. The molecule has 8 heteroatoms. The normalized spacial score (nSPS) is 15.3. The second-order valence-corrected chi connectivity index (χ2v) is 7.64. The van der Waals surface area contributed by atoms with Crippen LogP contribution >= 0.6 is 0 Å². The summed E-state index contributed by atoms with van der Waals surface area (Å²) in [7, 11) is 1.35. The molecule has 2 aromatic carbocycles. The topological polar surface area (TPSA) is 91.9 Å². The van der Waals surface area contributed by atoms with E-state index in [4.69, 9.17) is 9.47 Å². The van der Waals surface area contributed by atoms with Crippen molar-refractivity contribution in [2.75, 3.05) is 31.7 Å². The van der Waals surface area contributed by atoms with Crippen molar-refractivity contribution in [1.29, 1.82) is 0 Å². The molecule has 31 heavy (non-hydrogen) atoms. The molecule has 0 atom stereocenters. The molecule has 5 rings (SSSR count). The number of methoxy groups -OCH3 is 1. The number of H-pyrrole nitrogens is 1. The van der Waals surface area contributed by atoms with Gasteiger partial charge in [0.1, 0.15) is 12.3 Å².